The van der Waals surface area contributed by atoms with Crippen molar-refractivity contribution < 1.29 is 14.0 Å². The van der Waals surface area contributed by atoms with Gasteiger partial charge in [0, 0.05) is 13.5 Å². The summed E-state index contributed by atoms with van der Waals surface area (Å²) in [4.78, 5) is 26.9. The molecule has 2 amide bonds. The first-order valence-corrected chi connectivity index (χ1v) is 4.72. The Labute approximate surface area is 97.8 Å². The van der Waals surface area contributed by atoms with Crippen molar-refractivity contribution in [2.45, 2.75) is 13.3 Å². The molecule has 7 heteroatoms. The zero-order valence-corrected chi connectivity index (χ0v) is 9.43. The highest BCUT2D eigenvalue weighted by molar-refractivity contribution is 5.94. The number of carbonyl (C=O) groups excluding carboxylic acids is 2. The highest BCUT2D eigenvalue weighted by Gasteiger charge is 2.20. The molecule has 0 fully saturated rings. The largest absolute Gasteiger partial charge is 0.445 e. The molecule has 7 nitrogen and oxygen atoms in total. The van der Waals surface area contributed by atoms with Crippen molar-refractivity contribution in [2.24, 2.45) is 5.73 Å². The van der Waals surface area contributed by atoms with Crippen LogP contribution in [0.3, 0.4) is 0 Å². The predicted molar refractivity (Wildman–Crippen MR) is 56.2 cm³/mol. The fraction of sp³-hybridized carbons (Fsp3) is 0.300. The molecular formula is C10H11N4O3. The molecule has 2 N–H and O–H groups in total. The molecule has 0 aliphatic carbocycles. The van der Waals surface area contributed by atoms with E-state index in [0.717, 1.165) is 4.90 Å². The summed E-state index contributed by atoms with van der Waals surface area (Å²) in [6.07, 6.45) is 3.02. The van der Waals surface area contributed by atoms with E-state index >= 15 is 0 Å². The highest BCUT2D eigenvalue weighted by Crippen LogP contribution is 2.14. The predicted octanol–water partition coefficient (Wildman–Crippen LogP) is -0.0361. The summed E-state index contributed by atoms with van der Waals surface area (Å²) in [5.41, 5.74) is 5.00. The third-order valence-corrected chi connectivity index (χ3v) is 1.95. The molecule has 0 aromatic carbocycles. The third-order valence-electron chi connectivity index (χ3n) is 1.95. The molecule has 0 aliphatic rings. The van der Waals surface area contributed by atoms with Crippen LogP contribution in [-0.2, 0) is 4.79 Å². The molecular weight excluding hydrogens is 224 g/mol. The van der Waals surface area contributed by atoms with E-state index in [4.69, 9.17) is 15.4 Å². The molecule has 0 saturated carbocycles. The van der Waals surface area contributed by atoms with Gasteiger partial charge in [-0.15, -0.1) is 0 Å². The van der Waals surface area contributed by atoms with Gasteiger partial charge >= 0.3 is 0 Å². The minimum Gasteiger partial charge on any atom is -0.445 e. The lowest BCUT2D eigenvalue weighted by atomic mass is 10.3. The standard InChI is InChI=1S/C10H11N4O3/c1-6-9(10(16)14(2)5-11)13-8(17-6)4-3-7(12)15/h4H,3H2,1-2H3,(H2,12,15). The summed E-state index contributed by atoms with van der Waals surface area (Å²) in [6, 6.07) is 0. The van der Waals surface area contributed by atoms with Gasteiger partial charge in [0.25, 0.3) is 5.91 Å². The first-order chi connectivity index (χ1) is 7.95. The zero-order valence-electron chi connectivity index (χ0n) is 9.43. The van der Waals surface area contributed by atoms with E-state index in [9.17, 15) is 9.59 Å². The van der Waals surface area contributed by atoms with E-state index in [2.05, 4.69) is 4.98 Å². The van der Waals surface area contributed by atoms with E-state index in [1.54, 1.807) is 13.1 Å². The number of nitrogens with two attached hydrogens (primary N) is 1. The molecule has 0 atom stereocenters. The molecule has 1 aromatic heterocycles. The van der Waals surface area contributed by atoms with Crippen LogP contribution in [0.25, 0.3) is 0 Å². The average molecular weight is 235 g/mol. The van der Waals surface area contributed by atoms with Gasteiger partial charge in [0.2, 0.25) is 5.91 Å². The average Bonchev–Trinajstić information content (AvgIpc) is 2.66. The minimum absolute atomic E-state index is 0.0261. The number of hydrogen-bond acceptors (Lipinski definition) is 5. The van der Waals surface area contributed by atoms with Gasteiger partial charge in [0.1, 0.15) is 5.76 Å². The maximum absolute atomic E-state index is 11.6. The van der Waals surface area contributed by atoms with Gasteiger partial charge in [-0.25, -0.2) is 9.88 Å². The lowest BCUT2D eigenvalue weighted by Gasteiger charge is -2.03. The fourth-order valence-electron chi connectivity index (χ4n) is 1.09. The Morgan fingerprint density at radius 1 is 1.65 bits per heavy atom. The van der Waals surface area contributed by atoms with Crippen molar-refractivity contribution in [1.29, 1.82) is 5.26 Å². The molecule has 1 heterocycles. The SMILES string of the molecule is Cc1oc([CH]CC(N)=O)nc1C(=O)N(C)C#N. The van der Waals surface area contributed by atoms with Gasteiger partial charge in [-0.2, -0.15) is 5.26 Å². The zero-order chi connectivity index (χ0) is 13.0. The number of aryl methyl sites for hydroxylation is 1. The molecule has 1 rings (SSSR count). The van der Waals surface area contributed by atoms with Crippen LogP contribution in [0.4, 0.5) is 0 Å². The Morgan fingerprint density at radius 3 is 2.82 bits per heavy atom. The molecule has 1 aromatic rings. The van der Waals surface area contributed by atoms with Crippen LogP contribution in [0.2, 0.25) is 0 Å². The summed E-state index contributed by atoms with van der Waals surface area (Å²) >= 11 is 0. The van der Waals surface area contributed by atoms with E-state index in [-0.39, 0.29) is 23.8 Å². The molecule has 1 radical (unpaired) electrons. The van der Waals surface area contributed by atoms with Crippen LogP contribution < -0.4 is 5.73 Å². The molecule has 0 aliphatic heterocycles. The second-order valence-corrected chi connectivity index (χ2v) is 3.30. The van der Waals surface area contributed by atoms with Crippen LogP contribution in [0, 0.1) is 24.8 Å². The Balaban J connectivity index is 2.86. The van der Waals surface area contributed by atoms with Crippen LogP contribution in [0.5, 0.6) is 0 Å². The minimum atomic E-state index is -0.563. The highest BCUT2D eigenvalue weighted by atomic mass is 16.4. The number of primary amides is 1. The topological polar surface area (TPSA) is 113 Å². The molecule has 0 saturated heterocycles. The number of nitrogens with zero attached hydrogens (tertiary/aromatic N) is 3. The lowest BCUT2D eigenvalue weighted by molar-refractivity contribution is -0.117. The molecule has 89 valence electrons. The summed E-state index contributed by atoms with van der Waals surface area (Å²) in [7, 11) is 1.32. The molecule has 0 bridgehead atoms. The quantitative estimate of drug-likeness (QED) is 0.581. The van der Waals surface area contributed by atoms with Crippen molar-refractivity contribution in [3.05, 3.63) is 23.8 Å². The van der Waals surface area contributed by atoms with Gasteiger partial charge in [-0.05, 0) is 6.92 Å². The summed E-state index contributed by atoms with van der Waals surface area (Å²) < 4.78 is 5.15. The van der Waals surface area contributed by atoms with Crippen LogP contribution in [-0.4, -0.2) is 28.7 Å². The van der Waals surface area contributed by atoms with Crippen molar-refractivity contribution in [3.63, 3.8) is 0 Å². The lowest BCUT2D eigenvalue weighted by Crippen LogP contribution is -2.22. The Morgan fingerprint density at radius 2 is 2.29 bits per heavy atom. The second-order valence-electron chi connectivity index (χ2n) is 3.30. The van der Waals surface area contributed by atoms with E-state index in [0.29, 0.717) is 0 Å². The number of carbonyl (C=O) groups is 2. The van der Waals surface area contributed by atoms with Crippen molar-refractivity contribution in [2.75, 3.05) is 7.05 Å². The number of oxazole rings is 1. The smallest absolute Gasteiger partial charge is 0.288 e. The van der Waals surface area contributed by atoms with E-state index in [1.807, 2.05) is 0 Å². The van der Waals surface area contributed by atoms with Crippen LogP contribution >= 0.6 is 0 Å². The number of aromatic nitrogens is 1. The first-order valence-electron chi connectivity index (χ1n) is 4.72. The molecule has 0 unspecified atom stereocenters. The van der Waals surface area contributed by atoms with Gasteiger partial charge in [-0.1, -0.05) is 0 Å². The normalized spacial score (nSPS) is 9.71. The maximum Gasteiger partial charge on any atom is 0.288 e. The van der Waals surface area contributed by atoms with Crippen molar-refractivity contribution >= 4 is 11.8 Å². The molecule has 17 heavy (non-hydrogen) atoms. The van der Waals surface area contributed by atoms with E-state index in [1.165, 1.54) is 13.5 Å². The van der Waals surface area contributed by atoms with Gasteiger partial charge in [-0.3, -0.25) is 9.59 Å². The molecule has 0 spiro atoms. The summed E-state index contributed by atoms with van der Waals surface area (Å²) in [5, 5.41) is 8.57. The summed E-state index contributed by atoms with van der Waals surface area (Å²) in [5.74, 6) is -0.667. The monoisotopic (exact) mass is 235 g/mol. The number of rotatable bonds is 4. The Hall–Kier alpha value is -2.36. The van der Waals surface area contributed by atoms with Gasteiger partial charge in [0.15, 0.2) is 17.8 Å². The maximum atomic E-state index is 11.6. The van der Waals surface area contributed by atoms with Gasteiger partial charge < -0.3 is 10.2 Å². The Kier molecular flexibility index (Phi) is 3.82. The van der Waals surface area contributed by atoms with E-state index < -0.39 is 11.8 Å². The number of amides is 2. The fourth-order valence-corrected chi connectivity index (χ4v) is 1.09. The first kappa shape index (κ1) is 12.7. The third kappa shape index (κ3) is 3.04. The van der Waals surface area contributed by atoms with Gasteiger partial charge in [0.05, 0.1) is 6.42 Å². The number of hydrogen-bond donors (Lipinski definition) is 1. The van der Waals surface area contributed by atoms with Crippen molar-refractivity contribution in [3.8, 4) is 6.19 Å². The second kappa shape index (κ2) is 5.12. The van der Waals surface area contributed by atoms with Crippen LogP contribution in [0.1, 0.15) is 28.6 Å². The van der Waals surface area contributed by atoms with Crippen LogP contribution in [0.15, 0.2) is 4.42 Å². The number of nitriles is 1. The summed E-state index contributed by atoms with van der Waals surface area (Å²) in [6.45, 7) is 1.55. The van der Waals surface area contributed by atoms with Crippen molar-refractivity contribution in [1.82, 2.24) is 9.88 Å². The Bertz CT molecular complexity index is 486.